The maximum Gasteiger partial charge on any atom is 0.256 e. The summed E-state index contributed by atoms with van der Waals surface area (Å²) in [7, 11) is 0.481. The van der Waals surface area contributed by atoms with Crippen LogP contribution < -0.4 is 5.32 Å². The van der Waals surface area contributed by atoms with Crippen molar-refractivity contribution in [3.05, 3.63) is 46.3 Å². The first-order valence-corrected chi connectivity index (χ1v) is 12.7. The van der Waals surface area contributed by atoms with Gasteiger partial charge in [0, 0.05) is 35.7 Å². The highest BCUT2D eigenvalue weighted by Crippen LogP contribution is 2.36. The summed E-state index contributed by atoms with van der Waals surface area (Å²) in [5, 5.41) is 2.86. The van der Waals surface area contributed by atoms with Gasteiger partial charge in [0.15, 0.2) is 0 Å². The summed E-state index contributed by atoms with van der Waals surface area (Å²) >= 11 is 0. The summed E-state index contributed by atoms with van der Waals surface area (Å²) < 4.78 is 33.0. The van der Waals surface area contributed by atoms with Crippen LogP contribution in [0.1, 0.15) is 34.5 Å². The Kier molecular flexibility index (Phi) is 6.76. The molecule has 1 aromatic carbocycles. The zero-order valence-corrected chi connectivity index (χ0v) is 20.5. The standard InChI is InChI=1S/C24H32N4O4S/c1-16-19(6-5-9-27(3)4)17(2)25-23(16)15-21-20-14-18(7-8-22(20)26-24(21)29)33(30,31)28-10-12-32-13-11-28/h7-8,14-15,25H,5-6,9-13H2,1-4H3,(H,26,29). The molecule has 0 saturated carbocycles. The fourth-order valence-electron chi connectivity index (χ4n) is 4.46. The molecule has 0 spiro atoms. The third kappa shape index (κ3) is 4.77. The number of aryl methyl sites for hydroxylation is 1. The van der Waals surface area contributed by atoms with E-state index < -0.39 is 10.0 Å². The number of nitrogens with one attached hydrogen (secondary N) is 2. The fraction of sp³-hybridized carbons (Fsp3) is 0.458. The van der Waals surface area contributed by atoms with Gasteiger partial charge in [0.1, 0.15) is 0 Å². The van der Waals surface area contributed by atoms with Crippen molar-refractivity contribution in [1.82, 2.24) is 14.2 Å². The lowest BCUT2D eigenvalue weighted by Crippen LogP contribution is -2.40. The second-order valence-corrected chi connectivity index (χ2v) is 10.8. The normalized spacial score (nSPS) is 18.2. The first kappa shape index (κ1) is 23.7. The lowest BCUT2D eigenvalue weighted by Gasteiger charge is -2.26. The van der Waals surface area contributed by atoms with Gasteiger partial charge in [-0.2, -0.15) is 4.31 Å². The molecular formula is C24H32N4O4S. The molecule has 8 nitrogen and oxygen atoms in total. The zero-order valence-electron chi connectivity index (χ0n) is 19.7. The fourth-order valence-corrected chi connectivity index (χ4v) is 5.89. The topological polar surface area (TPSA) is 94.7 Å². The molecule has 0 atom stereocenters. The van der Waals surface area contributed by atoms with Gasteiger partial charge < -0.3 is 19.9 Å². The SMILES string of the molecule is Cc1[nH]c(C=C2C(=O)Nc3ccc(S(=O)(=O)N4CCOCC4)cc32)c(C)c1CCCN(C)C. The van der Waals surface area contributed by atoms with E-state index in [1.807, 2.05) is 6.08 Å². The van der Waals surface area contributed by atoms with Crippen LogP contribution >= 0.6 is 0 Å². The number of rotatable bonds is 7. The van der Waals surface area contributed by atoms with E-state index in [1.54, 1.807) is 18.2 Å². The van der Waals surface area contributed by atoms with E-state index in [2.05, 4.69) is 43.1 Å². The summed E-state index contributed by atoms with van der Waals surface area (Å²) in [6.07, 6.45) is 3.85. The lowest BCUT2D eigenvalue weighted by molar-refractivity contribution is -0.110. The number of fused-ring (bicyclic) bond motifs is 1. The number of morpholine rings is 1. The number of benzene rings is 1. The van der Waals surface area contributed by atoms with Crippen molar-refractivity contribution in [3.8, 4) is 0 Å². The third-order valence-electron chi connectivity index (χ3n) is 6.33. The van der Waals surface area contributed by atoms with Crippen LogP contribution in [0, 0.1) is 13.8 Å². The molecule has 178 valence electrons. The predicted octanol–water partition coefficient (Wildman–Crippen LogP) is 2.64. The van der Waals surface area contributed by atoms with Gasteiger partial charge in [-0.3, -0.25) is 4.79 Å². The van der Waals surface area contributed by atoms with Crippen LogP contribution in [-0.2, 0) is 26.0 Å². The van der Waals surface area contributed by atoms with Gasteiger partial charge in [0.25, 0.3) is 5.91 Å². The molecule has 1 saturated heterocycles. The van der Waals surface area contributed by atoms with Gasteiger partial charge in [-0.05, 0) is 82.7 Å². The maximum absolute atomic E-state index is 13.1. The van der Waals surface area contributed by atoms with Crippen molar-refractivity contribution in [1.29, 1.82) is 0 Å². The van der Waals surface area contributed by atoms with Crippen molar-refractivity contribution < 1.29 is 17.9 Å². The number of H-pyrrole nitrogens is 1. The van der Waals surface area contributed by atoms with Crippen molar-refractivity contribution >= 4 is 33.3 Å². The number of anilines is 1. The number of carbonyl (C=O) groups excluding carboxylic acids is 1. The first-order chi connectivity index (χ1) is 15.7. The highest BCUT2D eigenvalue weighted by molar-refractivity contribution is 7.89. The molecule has 2 aliphatic rings. The van der Waals surface area contributed by atoms with Crippen LogP contribution in [0.3, 0.4) is 0 Å². The minimum atomic E-state index is -3.65. The minimum absolute atomic E-state index is 0.189. The Hall–Kier alpha value is -2.46. The summed E-state index contributed by atoms with van der Waals surface area (Å²) in [4.78, 5) is 18.5. The number of hydrogen-bond acceptors (Lipinski definition) is 5. The van der Waals surface area contributed by atoms with Crippen LogP contribution in [0.2, 0.25) is 0 Å². The molecular weight excluding hydrogens is 440 g/mol. The number of ether oxygens (including phenoxy) is 1. The lowest BCUT2D eigenvalue weighted by atomic mass is 10.0. The van der Waals surface area contributed by atoms with E-state index in [9.17, 15) is 13.2 Å². The van der Waals surface area contributed by atoms with Crippen molar-refractivity contribution in [2.24, 2.45) is 0 Å². The Morgan fingerprint density at radius 3 is 2.61 bits per heavy atom. The number of sulfonamides is 1. The molecule has 0 radical (unpaired) electrons. The molecule has 33 heavy (non-hydrogen) atoms. The molecule has 2 aliphatic heterocycles. The van der Waals surface area contributed by atoms with E-state index in [0.29, 0.717) is 43.1 Å². The van der Waals surface area contributed by atoms with E-state index >= 15 is 0 Å². The van der Waals surface area contributed by atoms with E-state index in [4.69, 9.17) is 4.74 Å². The van der Waals surface area contributed by atoms with Gasteiger partial charge in [-0.25, -0.2) is 8.42 Å². The second kappa shape index (κ2) is 9.42. The van der Waals surface area contributed by atoms with Gasteiger partial charge in [-0.1, -0.05) is 0 Å². The molecule has 1 aromatic heterocycles. The summed E-state index contributed by atoms with van der Waals surface area (Å²) in [5.41, 5.74) is 6.07. The van der Waals surface area contributed by atoms with Crippen LogP contribution in [0.4, 0.5) is 5.69 Å². The number of nitrogens with zero attached hydrogens (tertiary/aromatic N) is 2. The average molecular weight is 473 g/mol. The molecule has 4 rings (SSSR count). The quantitative estimate of drug-likeness (QED) is 0.604. The highest BCUT2D eigenvalue weighted by Gasteiger charge is 2.30. The Bertz CT molecular complexity index is 1190. The van der Waals surface area contributed by atoms with Crippen LogP contribution in [0.15, 0.2) is 23.1 Å². The number of amides is 1. The molecule has 3 heterocycles. The molecule has 9 heteroatoms. The molecule has 2 N–H and O–H groups in total. The summed E-state index contributed by atoms with van der Waals surface area (Å²) in [5.74, 6) is -0.230. The molecule has 2 aromatic rings. The smallest absolute Gasteiger partial charge is 0.256 e. The molecule has 1 fully saturated rings. The minimum Gasteiger partial charge on any atom is -0.379 e. The third-order valence-corrected chi connectivity index (χ3v) is 8.23. The number of aromatic nitrogens is 1. The van der Waals surface area contributed by atoms with Gasteiger partial charge in [-0.15, -0.1) is 0 Å². The molecule has 0 unspecified atom stereocenters. The van der Waals surface area contributed by atoms with E-state index in [-0.39, 0.29) is 10.8 Å². The average Bonchev–Trinajstić information content (AvgIpc) is 3.24. The maximum atomic E-state index is 13.1. The largest absolute Gasteiger partial charge is 0.379 e. The first-order valence-electron chi connectivity index (χ1n) is 11.3. The summed E-state index contributed by atoms with van der Waals surface area (Å²) in [6, 6.07) is 4.83. The van der Waals surface area contributed by atoms with E-state index in [1.165, 1.54) is 9.87 Å². The highest BCUT2D eigenvalue weighted by atomic mass is 32.2. The van der Waals surface area contributed by atoms with Crippen LogP contribution in [0.5, 0.6) is 0 Å². The predicted molar refractivity (Wildman–Crippen MR) is 130 cm³/mol. The number of aromatic amines is 1. The van der Waals surface area contributed by atoms with Crippen LogP contribution in [0.25, 0.3) is 11.6 Å². The Morgan fingerprint density at radius 2 is 1.91 bits per heavy atom. The number of carbonyl (C=O) groups is 1. The monoisotopic (exact) mass is 472 g/mol. The zero-order chi connectivity index (χ0) is 23.8. The van der Waals surface area contributed by atoms with Gasteiger partial charge in [0.05, 0.1) is 23.7 Å². The van der Waals surface area contributed by atoms with Crippen molar-refractivity contribution in [3.63, 3.8) is 0 Å². The number of hydrogen-bond donors (Lipinski definition) is 2. The van der Waals surface area contributed by atoms with Crippen molar-refractivity contribution in [2.45, 2.75) is 31.6 Å². The summed E-state index contributed by atoms with van der Waals surface area (Å²) in [6.45, 7) is 6.56. The second-order valence-electron chi connectivity index (χ2n) is 8.91. The van der Waals surface area contributed by atoms with Gasteiger partial charge in [0.2, 0.25) is 10.0 Å². The Morgan fingerprint density at radius 1 is 1.18 bits per heavy atom. The van der Waals surface area contributed by atoms with Crippen molar-refractivity contribution in [2.75, 3.05) is 52.3 Å². The van der Waals surface area contributed by atoms with Crippen LogP contribution in [-0.4, -0.2) is 75.5 Å². The molecule has 0 aliphatic carbocycles. The Labute approximate surface area is 195 Å². The van der Waals surface area contributed by atoms with Gasteiger partial charge >= 0.3 is 0 Å². The Balaban J connectivity index is 1.66. The van der Waals surface area contributed by atoms with E-state index in [0.717, 1.165) is 36.3 Å². The molecule has 0 bridgehead atoms. The molecule has 1 amide bonds.